The Morgan fingerprint density at radius 2 is 1.68 bits per heavy atom. The lowest BCUT2D eigenvalue weighted by atomic mass is 10.2. The Morgan fingerprint density at radius 1 is 1.11 bits per heavy atom. The number of ether oxygens (including phenoxy) is 2. The van der Waals surface area contributed by atoms with Crippen molar-refractivity contribution < 1.29 is 19.1 Å². The van der Waals surface area contributed by atoms with Gasteiger partial charge in [0.25, 0.3) is 0 Å². The minimum absolute atomic E-state index is 0.00708. The van der Waals surface area contributed by atoms with E-state index in [0.717, 1.165) is 0 Å². The van der Waals surface area contributed by atoms with E-state index in [1.807, 2.05) is 25.7 Å². The average molecular weight is 272 g/mol. The van der Waals surface area contributed by atoms with Crippen molar-refractivity contribution in [2.75, 3.05) is 46.4 Å². The number of methoxy groups -OCH3 is 1. The number of rotatable bonds is 4. The molecule has 0 saturated carbocycles. The number of hydrogen-bond acceptors (Lipinski definition) is 5. The van der Waals surface area contributed by atoms with Gasteiger partial charge in [0.15, 0.2) is 0 Å². The van der Waals surface area contributed by atoms with Crippen LogP contribution < -0.4 is 0 Å². The van der Waals surface area contributed by atoms with Crippen LogP contribution in [0.1, 0.15) is 20.8 Å². The van der Waals surface area contributed by atoms with E-state index in [1.165, 1.54) is 7.11 Å². The maximum Gasteiger partial charge on any atom is 0.319 e. The van der Waals surface area contributed by atoms with Crippen LogP contribution in [0.2, 0.25) is 0 Å². The third-order valence-electron chi connectivity index (χ3n) is 2.93. The van der Waals surface area contributed by atoms with Gasteiger partial charge in [-0.25, -0.2) is 0 Å². The first-order valence-electron chi connectivity index (χ1n) is 6.53. The summed E-state index contributed by atoms with van der Waals surface area (Å²) in [5, 5.41) is 0. The summed E-state index contributed by atoms with van der Waals surface area (Å²) in [4.78, 5) is 26.8. The number of carbonyl (C=O) groups is 2. The number of piperazine rings is 1. The van der Waals surface area contributed by atoms with E-state index >= 15 is 0 Å². The Labute approximate surface area is 114 Å². The van der Waals surface area contributed by atoms with Crippen LogP contribution in [0.4, 0.5) is 0 Å². The van der Waals surface area contributed by atoms with E-state index in [2.05, 4.69) is 4.74 Å². The Kier molecular flexibility index (Phi) is 5.75. The summed E-state index contributed by atoms with van der Waals surface area (Å²) in [5.74, 6) is -0.233. The van der Waals surface area contributed by atoms with Crippen LogP contribution in [0.5, 0.6) is 0 Å². The largest absolute Gasteiger partial charge is 0.468 e. The lowest BCUT2D eigenvalue weighted by Gasteiger charge is -2.34. The van der Waals surface area contributed by atoms with Gasteiger partial charge in [0.1, 0.15) is 6.61 Å². The van der Waals surface area contributed by atoms with E-state index < -0.39 is 0 Å². The molecular weight excluding hydrogens is 248 g/mol. The fraction of sp³-hybridized carbons (Fsp3) is 0.846. The Hall–Kier alpha value is -1.14. The van der Waals surface area contributed by atoms with Gasteiger partial charge >= 0.3 is 5.97 Å². The number of esters is 1. The first kappa shape index (κ1) is 15.9. The Balaban J connectivity index is 2.29. The minimum atomic E-state index is -0.303. The van der Waals surface area contributed by atoms with Gasteiger partial charge in [-0.05, 0) is 20.8 Å². The molecule has 1 rings (SSSR count). The molecule has 0 bridgehead atoms. The van der Waals surface area contributed by atoms with Crippen molar-refractivity contribution >= 4 is 11.9 Å². The molecule has 1 amide bonds. The summed E-state index contributed by atoms with van der Waals surface area (Å²) < 4.78 is 10.1. The van der Waals surface area contributed by atoms with E-state index in [-0.39, 0.29) is 30.6 Å². The quantitative estimate of drug-likeness (QED) is 0.680. The van der Waals surface area contributed by atoms with Crippen molar-refractivity contribution in [3.05, 3.63) is 0 Å². The highest BCUT2D eigenvalue weighted by Crippen LogP contribution is 2.08. The molecule has 0 unspecified atom stereocenters. The second kappa shape index (κ2) is 6.86. The van der Waals surface area contributed by atoms with Crippen LogP contribution >= 0.6 is 0 Å². The zero-order valence-electron chi connectivity index (χ0n) is 12.3. The second-order valence-corrected chi connectivity index (χ2v) is 5.63. The summed E-state index contributed by atoms with van der Waals surface area (Å²) in [6.07, 6.45) is 0. The molecule has 0 aliphatic carbocycles. The standard InChI is InChI=1S/C13H24N2O4/c1-13(2,3)19-10-11(16)15-7-5-14(6-8-15)9-12(17)18-4/h5-10H2,1-4H3. The van der Waals surface area contributed by atoms with Crippen LogP contribution in [-0.2, 0) is 19.1 Å². The van der Waals surface area contributed by atoms with Gasteiger partial charge in [0.05, 0.1) is 19.3 Å². The highest BCUT2D eigenvalue weighted by Gasteiger charge is 2.23. The zero-order chi connectivity index (χ0) is 14.5. The fourth-order valence-electron chi connectivity index (χ4n) is 1.77. The lowest BCUT2D eigenvalue weighted by Crippen LogP contribution is -2.51. The SMILES string of the molecule is COC(=O)CN1CCN(C(=O)COC(C)(C)C)CC1. The summed E-state index contributed by atoms with van der Waals surface area (Å²) in [6.45, 7) is 8.81. The molecule has 0 atom stereocenters. The second-order valence-electron chi connectivity index (χ2n) is 5.63. The molecule has 1 aliphatic rings. The Bertz CT molecular complexity index is 317. The molecule has 110 valence electrons. The van der Waals surface area contributed by atoms with Crippen molar-refractivity contribution in [3.63, 3.8) is 0 Å². The Morgan fingerprint density at radius 3 is 2.16 bits per heavy atom. The van der Waals surface area contributed by atoms with Crippen LogP contribution in [0.15, 0.2) is 0 Å². The number of hydrogen-bond donors (Lipinski definition) is 0. The molecule has 0 aromatic heterocycles. The normalized spacial score (nSPS) is 17.4. The molecular formula is C13H24N2O4. The minimum Gasteiger partial charge on any atom is -0.468 e. The van der Waals surface area contributed by atoms with Crippen molar-refractivity contribution in [1.29, 1.82) is 0 Å². The highest BCUT2D eigenvalue weighted by atomic mass is 16.5. The number of nitrogens with zero attached hydrogens (tertiary/aromatic N) is 2. The monoisotopic (exact) mass is 272 g/mol. The number of amides is 1. The van der Waals surface area contributed by atoms with Crippen LogP contribution in [0.3, 0.4) is 0 Å². The fourth-order valence-corrected chi connectivity index (χ4v) is 1.77. The van der Waals surface area contributed by atoms with Crippen LogP contribution in [0.25, 0.3) is 0 Å². The summed E-state index contributed by atoms with van der Waals surface area (Å²) in [5.41, 5.74) is -0.303. The molecule has 1 saturated heterocycles. The maximum absolute atomic E-state index is 11.9. The van der Waals surface area contributed by atoms with Crippen LogP contribution in [0, 0.1) is 0 Å². The molecule has 0 aromatic rings. The third kappa shape index (κ3) is 6.02. The van der Waals surface area contributed by atoms with Gasteiger partial charge in [-0.3, -0.25) is 14.5 Å². The lowest BCUT2D eigenvalue weighted by molar-refractivity contribution is -0.145. The first-order valence-corrected chi connectivity index (χ1v) is 6.53. The summed E-state index contributed by atoms with van der Waals surface area (Å²) in [7, 11) is 1.38. The van der Waals surface area contributed by atoms with E-state index in [0.29, 0.717) is 26.2 Å². The summed E-state index contributed by atoms with van der Waals surface area (Å²) >= 11 is 0. The van der Waals surface area contributed by atoms with Crippen molar-refractivity contribution in [3.8, 4) is 0 Å². The number of carbonyl (C=O) groups excluding carboxylic acids is 2. The molecule has 0 radical (unpaired) electrons. The van der Waals surface area contributed by atoms with E-state index in [4.69, 9.17) is 4.74 Å². The van der Waals surface area contributed by atoms with Crippen molar-refractivity contribution in [2.24, 2.45) is 0 Å². The highest BCUT2D eigenvalue weighted by molar-refractivity contribution is 5.77. The predicted octanol–water partition coefficient (Wildman–Crippen LogP) is 0.119. The first-order chi connectivity index (χ1) is 8.81. The van der Waals surface area contributed by atoms with Gasteiger partial charge in [-0.15, -0.1) is 0 Å². The molecule has 1 aliphatic heterocycles. The van der Waals surface area contributed by atoms with Gasteiger partial charge in [-0.1, -0.05) is 0 Å². The van der Waals surface area contributed by atoms with E-state index in [1.54, 1.807) is 4.90 Å². The van der Waals surface area contributed by atoms with Gasteiger partial charge in [-0.2, -0.15) is 0 Å². The predicted molar refractivity (Wildman–Crippen MR) is 70.7 cm³/mol. The molecule has 0 spiro atoms. The van der Waals surface area contributed by atoms with Gasteiger partial charge < -0.3 is 14.4 Å². The van der Waals surface area contributed by atoms with E-state index in [9.17, 15) is 9.59 Å². The molecule has 1 fully saturated rings. The maximum atomic E-state index is 11.9. The van der Waals surface area contributed by atoms with Crippen molar-refractivity contribution in [1.82, 2.24) is 9.80 Å². The molecule has 0 aromatic carbocycles. The summed E-state index contributed by atoms with van der Waals surface area (Å²) in [6, 6.07) is 0. The molecule has 0 N–H and O–H groups in total. The smallest absolute Gasteiger partial charge is 0.319 e. The molecule has 1 heterocycles. The topological polar surface area (TPSA) is 59.1 Å². The van der Waals surface area contributed by atoms with Gasteiger partial charge in [0, 0.05) is 26.2 Å². The van der Waals surface area contributed by atoms with Crippen molar-refractivity contribution in [2.45, 2.75) is 26.4 Å². The average Bonchev–Trinajstić information content (AvgIpc) is 2.36. The zero-order valence-corrected chi connectivity index (χ0v) is 12.3. The molecule has 19 heavy (non-hydrogen) atoms. The molecule has 6 nitrogen and oxygen atoms in total. The molecule has 6 heteroatoms. The van der Waals surface area contributed by atoms with Gasteiger partial charge in [0.2, 0.25) is 5.91 Å². The third-order valence-corrected chi connectivity index (χ3v) is 2.93. The van der Waals surface area contributed by atoms with Crippen LogP contribution in [-0.4, -0.2) is 73.7 Å².